The molecule has 0 radical (unpaired) electrons. The number of hydrogen-bond acceptors (Lipinski definition) is 8. The van der Waals surface area contributed by atoms with Gasteiger partial charge >= 0.3 is 11.9 Å². The summed E-state index contributed by atoms with van der Waals surface area (Å²) >= 11 is 0. The summed E-state index contributed by atoms with van der Waals surface area (Å²) in [5.74, 6) is -3.05. The fourth-order valence-corrected chi connectivity index (χ4v) is 6.18. The van der Waals surface area contributed by atoms with Gasteiger partial charge in [0.2, 0.25) is 11.8 Å². The Kier molecular flexibility index (Phi) is 18.8. The molecule has 0 heterocycles. The van der Waals surface area contributed by atoms with Gasteiger partial charge in [0.05, 0.1) is 24.5 Å². The molecule has 4 aromatic carbocycles. The van der Waals surface area contributed by atoms with Crippen molar-refractivity contribution in [3.63, 3.8) is 0 Å². The Morgan fingerprint density at radius 2 is 1.25 bits per heavy atom. The van der Waals surface area contributed by atoms with Crippen molar-refractivity contribution in [2.24, 2.45) is 11.8 Å². The second-order valence-electron chi connectivity index (χ2n) is 13.9. The van der Waals surface area contributed by atoms with E-state index in [4.69, 9.17) is 14.2 Å². The van der Waals surface area contributed by atoms with Crippen molar-refractivity contribution in [3.05, 3.63) is 163 Å². The van der Waals surface area contributed by atoms with Crippen LogP contribution >= 0.6 is 0 Å². The lowest BCUT2D eigenvalue weighted by molar-refractivity contribution is -0.157. The molecule has 0 aromatic heterocycles. The number of hydrogen-bond donors (Lipinski definition) is 3. The van der Waals surface area contributed by atoms with Gasteiger partial charge in [-0.2, -0.15) is 0 Å². The monoisotopic (exact) mass is 774 g/mol. The standard InChI is InChI=1S/C47H54N2O8/c1-3-5-9-23-40(28-35-17-10-6-11-18-35)46(53)57-34-43(47(54)56-33-38-21-14-8-15-22-38)49-45(52)39(16-4-2)30-44(51)48-41(31-50)29-36-24-26-42(27-25-36)55-32-37-19-12-7-13-20-37/h3-4,6-8,10-15,17-22,24-27,39-41,43,50H,1-2,5,9,16,23,28-34H2,(H,48,51)(H,49,52). The average molecular weight is 775 g/mol. The number of ether oxygens (including phenoxy) is 3. The lowest BCUT2D eigenvalue weighted by Crippen LogP contribution is -2.48. The molecule has 0 aliphatic heterocycles. The normalized spacial score (nSPS) is 12.9. The Hall–Kier alpha value is -6.00. The Bertz CT molecular complexity index is 1830. The molecule has 0 saturated heterocycles. The summed E-state index contributed by atoms with van der Waals surface area (Å²) in [6, 6.07) is 34.0. The largest absolute Gasteiger partial charge is 0.489 e. The number of esters is 2. The lowest BCUT2D eigenvalue weighted by atomic mass is 9.94. The number of rotatable bonds is 25. The third-order valence-electron chi connectivity index (χ3n) is 9.33. The fourth-order valence-electron chi connectivity index (χ4n) is 6.18. The summed E-state index contributed by atoms with van der Waals surface area (Å²) in [7, 11) is 0. The van der Waals surface area contributed by atoms with Gasteiger partial charge in [-0.15, -0.1) is 13.2 Å². The summed E-state index contributed by atoms with van der Waals surface area (Å²) in [5.41, 5.74) is 3.64. The van der Waals surface area contributed by atoms with Gasteiger partial charge in [-0.1, -0.05) is 115 Å². The first-order chi connectivity index (χ1) is 27.8. The van der Waals surface area contributed by atoms with Crippen LogP contribution in [0.1, 0.15) is 54.4 Å². The van der Waals surface area contributed by atoms with Gasteiger partial charge in [-0.3, -0.25) is 14.4 Å². The maximum Gasteiger partial charge on any atom is 0.332 e. The highest BCUT2D eigenvalue weighted by Gasteiger charge is 2.30. The number of benzene rings is 4. The van der Waals surface area contributed by atoms with Crippen molar-refractivity contribution in [3.8, 4) is 5.75 Å². The van der Waals surface area contributed by atoms with Crippen molar-refractivity contribution in [1.82, 2.24) is 10.6 Å². The fraction of sp³-hybridized carbons (Fsp3) is 0.319. The number of carbonyl (C=O) groups excluding carboxylic acids is 4. The van der Waals surface area contributed by atoms with E-state index in [9.17, 15) is 24.3 Å². The van der Waals surface area contributed by atoms with Gasteiger partial charge in [0, 0.05) is 6.42 Å². The van der Waals surface area contributed by atoms with Crippen molar-refractivity contribution >= 4 is 23.8 Å². The third kappa shape index (κ3) is 15.9. The van der Waals surface area contributed by atoms with Gasteiger partial charge in [-0.05, 0) is 72.9 Å². The zero-order valence-electron chi connectivity index (χ0n) is 32.4. The number of aliphatic hydroxyl groups is 1. The van der Waals surface area contributed by atoms with Crippen LogP contribution in [0.2, 0.25) is 0 Å². The molecule has 10 nitrogen and oxygen atoms in total. The maximum atomic E-state index is 13.7. The summed E-state index contributed by atoms with van der Waals surface area (Å²) < 4.78 is 17.1. The number of nitrogens with one attached hydrogen (secondary N) is 2. The van der Waals surface area contributed by atoms with Gasteiger partial charge < -0.3 is 30.0 Å². The average Bonchev–Trinajstić information content (AvgIpc) is 3.24. The first kappa shape index (κ1) is 43.7. The topological polar surface area (TPSA) is 140 Å². The number of allylic oxidation sites excluding steroid dienone is 2. The van der Waals surface area contributed by atoms with Crippen molar-refractivity contribution in [2.75, 3.05) is 13.2 Å². The molecule has 57 heavy (non-hydrogen) atoms. The number of aliphatic hydroxyl groups excluding tert-OH is 1. The van der Waals surface area contributed by atoms with Gasteiger partial charge in [0.15, 0.2) is 6.04 Å². The van der Waals surface area contributed by atoms with Crippen LogP contribution in [0.4, 0.5) is 0 Å². The quantitative estimate of drug-likeness (QED) is 0.0378. The summed E-state index contributed by atoms with van der Waals surface area (Å²) in [6.07, 6.45) is 6.01. The van der Waals surface area contributed by atoms with Crippen LogP contribution in [0, 0.1) is 11.8 Å². The van der Waals surface area contributed by atoms with Gasteiger partial charge in [0.1, 0.15) is 25.6 Å². The van der Waals surface area contributed by atoms with Crippen molar-refractivity contribution in [1.29, 1.82) is 0 Å². The summed E-state index contributed by atoms with van der Waals surface area (Å²) in [4.78, 5) is 53.9. The third-order valence-corrected chi connectivity index (χ3v) is 9.33. The molecule has 0 aliphatic carbocycles. The summed E-state index contributed by atoms with van der Waals surface area (Å²) in [5, 5.41) is 15.6. The lowest BCUT2D eigenvalue weighted by Gasteiger charge is -2.23. The molecular weight excluding hydrogens is 721 g/mol. The highest BCUT2D eigenvalue weighted by Crippen LogP contribution is 2.19. The Labute approximate surface area is 335 Å². The van der Waals surface area contributed by atoms with E-state index in [1.807, 2.05) is 103 Å². The highest BCUT2D eigenvalue weighted by atomic mass is 16.6. The number of carbonyl (C=O) groups is 4. The molecule has 0 saturated carbocycles. The zero-order chi connectivity index (χ0) is 40.7. The number of unbranched alkanes of at least 4 members (excludes halogenated alkanes) is 1. The Balaban J connectivity index is 1.37. The minimum absolute atomic E-state index is 0.0529. The molecule has 4 aromatic rings. The molecule has 3 N–H and O–H groups in total. The van der Waals surface area contributed by atoms with Crippen molar-refractivity contribution in [2.45, 2.75) is 70.2 Å². The maximum absolute atomic E-state index is 13.7. The molecule has 2 amide bonds. The van der Waals surface area contributed by atoms with E-state index in [0.717, 1.165) is 35.1 Å². The minimum Gasteiger partial charge on any atom is -0.489 e. The second-order valence-corrected chi connectivity index (χ2v) is 13.9. The molecule has 300 valence electrons. The van der Waals surface area contributed by atoms with Crippen LogP contribution in [0.3, 0.4) is 0 Å². The highest BCUT2D eigenvalue weighted by molar-refractivity contribution is 5.89. The van der Waals surface area contributed by atoms with Gasteiger partial charge in [0.25, 0.3) is 0 Å². The zero-order valence-corrected chi connectivity index (χ0v) is 32.4. The Morgan fingerprint density at radius 3 is 1.84 bits per heavy atom. The molecule has 0 fully saturated rings. The smallest absolute Gasteiger partial charge is 0.332 e. The van der Waals surface area contributed by atoms with Crippen LogP contribution in [-0.2, 0) is 54.7 Å². The van der Waals surface area contributed by atoms with Crippen LogP contribution in [0.25, 0.3) is 0 Å². The van der Waals surface area contributed by atoms with E-state index in [1.165, 1.54) is 6.08 Å². The van der Waals surface area contributed by atoms with E-state index < -0.39 is 54.3 Å². The molecule has 10 heteroatoms. The van der Waals surface area contributed by atoms with Crippen LogP contribution < -0.4 is 15.4 Å². The van der Waals surface area contributed by atoms with E-state index in [0.29, 0.717) is 31.6 Å². The van der Waals surface area contributed by atoms with Crippen LogP contribution in [0.5, 0.6) is 5.75 Å². The molecular formula is C47H54N2O8. The molecule has 4 unspecified atom stereocenters. The predicted molar refractivity (Wildman–Crippen MR) is 220 cm³/mol. The Morgan fingerprint density at radius 1 is 0.649 bits per heavy atom. The van der Waals surface area contributed by atoms with E-state index in [2.05, 4.69) is 23.8 Å². The number of amides is 2. The van der Waals surface area contributed by atoms with Gasteiger partial charge in [-0.25, -0.2) is 4.79 Å². The minimum atomic E-state index is -1.34. The van der Waals surface area contributed by atoms with Crippen LogP contribution in [0.15, 0.2) is 141 Å². The first-order valence-corrected chi connectivity index (χ1v) is 19.4. The van der Waals surface area contributed by atoms with E-state index >= 15 is 0 Å². The SMILES string of the molecule is C=CCCCC(Cc1ccccc1)C(=O)OCC(NC(=O)C(CC=C)CC(=O)NC(CO)Cc1ccc(OCc2ccccc2)cc1)C(=O)OCc1ccccc1. The van der Waals surface area contributed by atoms with E-state index in [1.54, 1.807) is 18.2 Å². The second kappa shape index (κ2) is 24.5. The molecule has 4 atom stereocenters. The van der Waals surface area contributed by atoms with E-state index in [-0.39, 0.29) is 26.1 Å². The molecule has 0 bridgehead atoms. The van der Waals surface area contributed by atoms with Crippen LogP contribution in [-0.4, -0.2) is 54.2 Å². The predicted octanol–water partition coefficient (Wildman–Crippen LogP) is 6.85. The molecule has 0 spiro atoms. The summed E-state index contributed by atoms with van der Waals surface area (Å²) in [6.45, 7) is 7.12. The molecule has 0 aliphatic rings. The van der Waals surface area contributed by atoms with Crippen molar-refractivity contribution < 1.29 is 38.5 Å². The first-order valence-electron chi connectivity index (χ1n) is 19.4. The molecule has 4 rings (SSSR count).